The average molecular weight is 230 g/mol. The SMILES string of the molecule is COc1ccc2cccc(CCN(C)C)c2n1. The van der Waals surface area contributed by atoms with Crippen molar-refractivity contribution in [3.63, 3.8) is 0 Å². The molecule has 0 saturated carbocycles. The Morgan fingerprint density at radius 1 is 1.18 bits per heavy atom. The number of fused-ring (bicyclic) bond motifs is 1. The lowest BCUT2D eigenvalue weighted by molar-refractivity contribution is 0.399. The molecule has 0 saturated heterocycles. The van der Waals surface area contributed by atoms with E-state index in [-0.39, 0.29) is 0 Å². The predicted octanol–water partition coefficient (Wildman–Crippen LogP) is 2.35. The van der Waals surface area contributed by atoms with Gasteiger partial charge in [-0.2, -0.15) is 0 Å². The van der Waals surface area contributed by atoms with Crippen LogP contribution in [0.15, 0.2) is 30.3 Å². The molecule has 3 nitrogen and oxygen atoms in total. The van der Waals surface area contributed by atoms with Gasteiger partial charge in [-0.3, -0.25) is 0 Å². The number of rotatable bonds is 4. The molecule has 0 bridgehead atoms. The summed E-state index contributed by atoms with van der Waals surface area (Å²) in [5, 5.41) is 1.17. The van der Waals surface area contributed by atoms with Gasteiger partial charge < -0.3 is 9.64 Å². The van der Waals surface area contributed by atoms with Crippen molar-refractivity contribution in [1.29, 1.82) is 0 Å². The molecule has 0 spiro atoms. The zero-order valence-corrected chi connectivity index (χ0v) is 10.6. The topological polar surface area (TPSA) is 25.4 Å². The second-order valence-corrected chi connectivity index (χ2v) is 4.40. The summed E-state index contributed by atoms with van der Waals surface area (Å²) < 4.78 is 5.18. The van der Waals surface area contributed by atoms with E-state index in [0.717, 1.165) is 18.5 Å². The lowest BCUT2D eigenvalue weighted by atomic mass is 10.1. The summed E-state index contributed by atoms with van der Waals surface area (Å²) in [5.74, 6) is 0.676. The summed E-state index contributed by atoms with van der Waals surface area (Å²) in [7, 11) is 5.81. The lowest BCUT2D eigenvalue weighted by Gasteiger charge is -2.11. The Labute approximate surface area is 102 Å². The van der Waals surface area contributed by atoms with Crippen LogP contribution in [0.1, 0.15) is 5.56 Å². The number of methoxy groups -OCH3 is 1. The van der Waals surface area contributed by atoms with Gasteiger partial charge in [0.25, 0.3) is 0 Å². The van der Waals surface area contributed by atoms with Crippen LogP contribution in [0.5, 0.6) is 5.88 Å². The van der Waals surface area contributed by atoms with Crippen LogP contribution in [0.25, 0.3) is 10.9 Å². The fourth-order valence-electron chi connectivity index (χ4n) is 1.85. The molecular formula is C14H18N2O. The summed E-state index contributed by atoms with van der Waals surface area (Å²) in [6.07, 6.45) is 1.00. The maximum atomic E-state index is 5.18. The maximum absolute atomic E-state index is 5.18. The van der Waals surface area contributed by atoms with E-state index >= 15 is 0 Å². The first-order valence-electron chi connectivity index (χ1n) is 5.78. The molecule has 1 heterocycles. The van der Waals surface area contributed by atoms with Gasteiger partial charge in [-0.15, -0.1) is 0 Å². The number of pyridine rings is 1. The minimum atomic E-state index is 0.676. The van der Waals surface area contributed by atoms with Crippen molar-refractivity contribution in [2.24, 2.45) is 0 Å². The average Bonchev–Trinajstić information content (AvgIpc) is 2.35. The number of ether oxygens (including phenoxy) is 1. The Morgan fingerprint density at radius 2 is 2.00 bits per heavy atom. The van der Waals surface area contributed by atoms with E-state index in [2.05, 4.69) is 48.2 Å². The molecule has 0 N–H and O–H groups in total. The highest BCUT2D eigenvalue weighted by Gasteiger charge is 2.04. The van der Waals surface area contributed by atoms with Gasteiger partial charge in [-0.25, -0.2) is 4.98 Å². The summed E-state index contributed by atoms with van der Waals surface area (Å²) in [6.45, 7) is 1.03. The van der Waals surface area contributed by atoms with Gasteiger partial charge in [0.2, 0.25) is 5.88 Å². The van der Waals surface area contributed by atoms with Crippen LogP contribution in [-0.2, 0) is 6.42 Å². The second-order valence-electron chi connectivity index (χ2n) is 4.40. The van der Waals surface area contributed by atoms with Crippen molar-refractivity contribution >= 4 is 10.9 Å². The Kier molecular flexibility index (Phi) is 3.59. The van der Waals surface area contributed by atoms with Crippen LogP contribution in [-0.4, -0.2) is 37.6 Å². The van der Waals surface area contributed by atoms with Crippen molar-refractivity contribution < 1.29 is 4.74 Å². The van der Waals surface area contributed by atoms with E-state index in [0.29, 0.717) is 5.88 Å². The molecule has 0 radical (unpaired) electrons. The van der Waals surface area contributed by atoms with Crippen LogP contribution in [0.2, 0.25) is 0 Å². The van der Waals surface area contributed by atoms with E-state index in [9.17, 15) is 0 Å². The van der Waals surface area contributed by atoms with E-state index in [4.69, 9.17) is 4.74 Å². The molecule has 0 aliphatic heterocycles. The number of hydrogen-bond acceptors (Lipinski definition) is 3. The quantitative estimate of drug-likeness (QED) is 0.806. The summed E-state index contributed by atoms with van der Waals surface area (Å²) in [4.78, 5) is 6.71. The highest BCUT2D eigenvalue weighted by atomic mass is 16.5. The van der Waals surface area contributed by atoms with E-state index in [1.54, 1.807) is 7.11 Å². The molecule has 2 rings (SSSR count). The first-order chi connectivity index (χ1) is 8.20. The Bertz CT molecular complexity index is 509. The molecule has 3 heteroatoms. The monoisotopic (exact) mass is 230 g/mol. The van der Waals surface area contributed by atoms with E-state index in [1.165, 1.54) is 10.9 Å². The number of para-hydroxylation sites is 1. The van der Waals surface area contributed by atoms with E-state index < -0.39 is 0 Å². The van der Waals surface area contributed by atoms with Crippen LogP contribution >= 0.6 is 0 Å². The minimum Gasteiger partial charge on any atom is -0.481 e. The Morgan fingerprint density at radius 3 is 2.71 bits per heavy atom. The first-order valence-corrected chi connectivity index (χ1v) is 5.78. The summed E-state index contributed by atoms with van der Waals surface area (Å²) in [5.41, 5.74) is 2.32. The van der Waals surface area contributed by atoms with Gasteiger partial charge in [0, 0.05) is 18.0 Å². The molecule has 0 amide bonds. The molecule has 0 unspecified atom stereocenters. The number of aromatic nitrogens is 1. The fourth-order valence-corrected chi connectivity index (χ4v) is 1.85. The molecule has 90 valence electrons. The molecule has 0 aliphatic carbocycles. The maximum Gasteiger partial charge on any atom is 0.213 e. The Hall–Kier alpha value is -1.61. The molecule has 2 aromatic rings. The van der Waals surface area contributed by atoms with Gasteiger partial charge in [-0.05, 0) is 32.1 Å². The normalized spacial score (nSPS) is 11.1. The molecule has 1 aromatic carbocycles. The molecule has 0 aliphatic rings. The Balaban J connectivity index is 2.39. The molecule has 1 aromatic heterocycles. The summed E-state index contributed by atoms with van der Waals surface area (Å²) in [6, 6.07) is 10.3. The third-order valence-electron chi connectivity index (χ3n) is 2.82. The number of likely N-dealkylation sites (N-methyl/N-ethyl adjacent to an activating group) is 1. The van der Waals surface area contributed by atoms with Gasteiger partial charge in [0.1, 0.15) is 0 Å². The third-order valence-corrected chi connectivity index (χ3v) is 2.82. The van der Waals surface area contributed by atoms with Crippen molar-refractivity contribution in [3.05, 3.63) is 35.9 Å². The number of hydrogen-bond donors (Lipinski definition) is 0. The van der Waals surface area contributed by atoms with Crippen LogP contribution < -0.4 is 4.74 Å². The highest BCUT2D eigenvalue weighted by Crippen LogP contribution is 2.20. The standard InChI is InChI=1S/C14H18N2O/c1-16(2)10-9-12-6-4-5-11-7-8-13(17-3)15-14(11)12/h4-8H,9-10H2,1-3H3. The molecule has 0 atom stereocenters. The van der Waals surface area contributed by atoms with Crippen molar-refractivity contribution in [2.75, 3.05) is 27.7 Å². The predicted molar refractivity (Wildman–Crippen MR) is 70.6 cm³/mol. The number of benzene rings is 1. The van der Waals surface area contributed by atoms with Crippen LogP contribution in [0.4, 0.5) is 0 Å². The molecule has 0 fully saturated rings. The van der Waals surface area contributed by atoms with Gasteiger partial charge in [0.15, 0.2) is 0 Å². The zero-order valence-electron chi connectivity index (χ0n) is 10.6. The minimum absolute atomic E-state index is 0.676. The van der Waals surface area contributed by atoms with Gasteiger partial charge in [0.05, 0.1) is 12.6 Å². The second kappa shape index (κ2) is 5.15. The van der Waals surface area contributed by atoms with Crippen LogP contribution in [0, 0.1) is 0 Å². The van der Waals surface area contributed by atoms with Gasteiger partial charge >= 0.3 is 0 Å². The molecular weight excluding hydrogens is 212 g/mol. The van der Waals surface area contributed by atoms with Crippen molar-refractivity contribution in [2.45, 2.75) is 6.42 Å². The third kappa shape index (κ3) is 2.74. The fraction of sp³-hybridized carbons (Fsp3) is 0.357. The highest BCUT2D eigenvalue weighted by molar-refractivity contribution is 5.82. The smallest absolute Gasteiger partial charge is 0.213 e. The molecule has 17 heavy (non-hydrogen) atoms. The largest absolute Gasteiger partial charge is 0.481 e. The number of nitrogens with zero attached hydrogens (tertiary/aromatic N) is 2. The van der Waals surface area contributed by atoms with E-state index in [1.807, 2.05) is 6.07 Å². The summed E-state index contributed by atoms with van der Waals surface area (Å²) >= 11 is 0. The van der Waals surface area contributed by atoms with Crippen LogP contribution in [0.3, 0.4) is 0 Å². The van der Waals surface area contributed by atoms with Crippen molar-refractivity contribution in [1.82, 2.24) is 9.88 Å². The first kappa shape index (κ1) is 11.9. The van der Waals surface area contributed by atoms with Crippen molar-refractivity contribution in [3.8, 4) is 5.88 Å². The zero-order chi connectivity index (χ0) is 12.3. The van der Waals surface area contributed by atoms with Gasteiger partial charge in [-0.1, -0.05) is 18.2 Å². The lowest BCUT2D eigenvalue weighted by Crippen LogP contribution is -2.15.